The van der Waals surface area contributed by atoms with Gasteiger partial charge in [0.05, 0.1) is 12.3 Å². The molecule has 0 aliphatic heterocycles. The van der Waals surface area contributed by atoms with Crippen LogP contribution in [-0.4, -0.2) is 32.4 Å². The van der Waals surface area contributed by atoms with E-state index in [9.17, 15) is 0 Å². The predicted molar refractivity (Wildman–Crippen MR) is 62.4 cm³/mol. The number of benzene rings is 1. The van der Waals surface area contributed by atoms with Gasteiger partial charge >= 0.3 is 0 Å². The molecule has 0 atom stereocenters. The van der Waals surface area contributed by atoms with Crippen molar-refractivity contribution in [1.29, 1.82) is 0 Å². The van der Waals surface area contributed by atoms with E-state index in [2.05, 4.69) is 0 Å². The van der Waals surface area contributed by atoms with E-state index >= 15 is 0 Å². The van der Waals surface area contributed by atoms with Crippen LogP contribution in [0.1, 0.15) is 6.42 Å². The average Bonchev–Trinajstić information content (AvgIpc) is 2.20. The first-order valence-corrected chi connectivity index (χ1v) is 4.95. The Morgan fingerprint density at radius 1 is 1.40 bits per heavy atom. The monoisotopic (exact) mass is 210 g/mol. The molecule has 1 aromatic rings. The molecule has 0 aliphatic carbocycles. The molecule has 3 N–H and O–H groups in total. The Morgan fingerprint density at radius 3 is 2.73 bits per heavy atom. The van der Waals surface area contributed by atoms with Gasteiger partial charge in [0.2, 0.25) is 0 Å². The number of ether oxygens (including phenoxy) is 1. The number of hydrogen-bond donors (Lipinski definition) is 2. The zero-order valence-corrected chi connectivity index (χ0v) is 9.23. The molecule has 0 saturated carbocycles. The molecular formula is C11H18N2O2. The number of nitrogens with two attached hydrogens (primary N) is 1. The van der Waals surface area contributed by atoms with Crippen molar-refractivity contribution in [2.75, 3.05) is 37.9 Å². The van der Waals surface area contributed by atoms with Gasteiger partial charge in [-0.25, -0.2) is 0 Å². The van der Waals surface area contributed by atoms with Crippen LogP contribution in [0.15, 0.2) is 18.2 Å². The maximum atomic E-state index is 8.64. The highest BCUT2D eigenvalue weighted by molar-refractivity contribution is 5.61. The Kier molecular flexibility index (Phi) is 4.24. The number of nitrogen functional groups attached to an aromatic ring is 1. The summed E-state index contributed by atoms with van der Waals surface area (Å²) < 4.78 is 5.46. The third-order valence-corrected chi connectivity index (χ3v) is 2.07. The van der Waals surface area contributed by atoms with Crippen LogP contribution in [0.2, 0.25) is 0 Å². The van der Waals surface area contributed by atoms with Gasteiger partial charge in [-0.05, 0) is 12.1 Å². The van der Waals surface area contributed by atoms with Gasteiger partial charge in [0.1, 0.15) is 5.75 Å². The van der Waals surface area contributed by atoms with Crippen LogP contribution < -0.4 is 15.4 Å². The quantitative estimate of drug-likeness (QED) is 0.564. The topological polar surface area (TPSA) is 58.7 Å². The zero-order valence-electron chi connectivity index (χ0n) is 9.23. The van der Waals surface area contributed by atoms with Gasteiger partial charge < -0.3 is 20.5 Å². The second-order valence-corrected chi connectivity index (χ2v) is 3.54. The van der Waals surface area contributed by atoms with Crippen molar-refractivity contribution in [3.8, 4) is 5.75 Å². The number of aliphatic hydroxyl groups is 1. The van der Waals surface area contributed by atoms with E-state index in [0.29, 0.717) is 24.5 Å². The summed E-state index contributed by atoms with van der Waals surface area (Å²) in [6.07, 6.45) is 0.617. The van der Waals surface area contributed by atoms with E-state index in [-0.39, 0.29) is 6.61 Å². The summed E-state index contributed by atoms with van der Waals surface area (Å²) >= 11 is 0. The predicted octanol–water partition coefficient (Wildman–Crippen LogP) is 1.10. The highest BCUT2D eigenvalue weighted by atomic mass is 16.5. The van der Waals surface area contributed by atoms with Crippen molar-refractivity contribution in [1.82, 2.24) is 0 Å². The molecule has 4 heteroatoms. The number of aliphatic hydroxyl groups excluding tert-OH is 1. The molecule has 4 nitrogen and oxygen atoms in total. The second-order valence-electron chi connectivity index (χ2n) is 3.54. The van der Waals surface area contributed by atoms with Gasteiger partial charge in [0, 0.05) is 38.9 Å². The Morgan fingerprint density at radius 2 is 2.13 bits per heavy atom. The summed E-state index contributed by atoms with van der Waals surface area (Å²) in [7, 11) is 3.92. The normalized spacial score (nSPS) is 10.1. The minimum Gasteiger partial charge on any atom is -0.491 e. The Labute approximate surface area is 90.3 Å². The second kappa shape index (κ2) is 5.46. The van der Waals surface area contributed by atoms with E-state index in [4.69, 9.17) is 15.6 Å². The SMILES string of the molecule is CN(C)c1ccc(N)c(OCCCO)c1. The van der Waals surface area contributed by atoms with Gasteiger partial charge in [-0.15, -0.1) is 0 Å². The molecule has 0 fully saturated rings. The van der Waals surface area contributed by atoms with Crippen molar-refractivity contribution in [3.05, 3.63) is 18.2 Å². The van der Waals surface area contributed by atoms with E-state index in [1.807, 2.05) is 37.2 Å². The third-order valence-electron chi connectivity index (χ3n) is 2.07. The maximum Gasteiger partial charge on any atom is 0.144 e. The van der Waals surface area contributed by atoms with Crippen LogP contribution in [0.25, 0.3) is 0 Å². The first kappa shape index (κ1) is 11.7. The van der Waals surface area contributed by atoms with Crippen molar-refractivity contribution in [3.63, 3.8) is 0 Å². The largest absolute Gasteiger partial charge is 0.491 e. The molecule has 0 saturated heterocycles. The lowest BCUT2D eigenvalue weighted by atomic mass is 10.2. The molecule has 0 heterocycles. The molecule has 0 radical (unpaired) electrons. The molecule has 0 amide bonds. The van der Waals surface area contributed by atoms with Crippen LogP contribution in [0.3, 0.4) is 0 Å². The first-order chi connectivity index (χ1) is 7.15. The molecule has 84 valence electrons. The Balaban J connectivity index is 2.72. The Bertz CT molecular complexity index is 313. The van der Waals surface area contributed by atoms with E-state index in [0.717, 1.165) is 5.69 Å². The van der Waals surface area contributed by atoms with Crippen LogP contribution in [0, 0.1) is 0 Å². The summed E-state index contributed by atoms with van der Waals surface area (Å²) in [4.78, 5) is 1.98. The number of rotatable bonds is 5. The summed E-state index contributed by atoms with van der Waals surface area (Å²) in [5, 5.41) is 8.64. The van der Waals surface area contributed by atoms with Crippen LogP contribution in [0.4, 0.5) is 11.4 Å². The smallest absolute Gasteiger partial charge is 0.144 e. The fraction of sp³-hybridized carbons (Fsp3) is 0.455. The minimum atomic E-state index is 0.132. The standard InChI is InChI=1S/C11H18N2O2/c1-13(2)9-4-5-10(12)11(8-9)15-7-3-6-14/h4-5,8,14H,3,6-7,12H2,1-2H3. The average molecular weight is 210 g/mol. The lowest BCUT2D eigenvalue weighted by Crippen LogP contribution is -2.09. The molecule has 1 aromatic carbocycles. The Hall–Kier alpha value is -1.42. The van der Waals surface area contributed by atoms with Crippen LogP contribution in [0.5, 0.6) is 5.75 Å². The fourth-order valence-corrected chi connectivity index (χ4v) is 1.17. The summed E-state index contributed by atoms with van der Waals surface area (Å²) in [5.41, 5.74) is 7.43. The molecule has 0 unspecified atom stereocenters. The third kappa shape index (κ3) is 3.32. The molecule has 0 spiro atoms. The number of nitrogens with zero attached hydrogens (tertiary/aromatic N) is 1. The van der Waals surface area contributed by atoms with Gasteiger partial charge in [-0.1, -0.05) is 0 Å². The fourth-order valence-electron chi connectivity index (χ4n) is 1.17. The molecule has 0 aliphatic rings. The minimum absolute atomic E-state index is 0.132. The van der Waals surface area contributed by atoms with Crippen LogP contribution >= 0.6 is 0 Å². The first-order valence-electron chi connectivity index (χ1n) is 4.95. The lowest BCUT2D eigenvalue weighted by molar-refractivity contribution is 0.234. The molecule has 15 heavy (non-hydrogen) atoms. The summed E-state index contributed by atoms with van der Waals surface area (Å²) in [6.45, 7) is 0.616. The van der Waals surface area contributed by atoms with E-state index in [1.54, 1.807) is 0 Å². The summed E-state index contributed by atoms with van der Waals surface area (Å²) in [5.74, 6) is 0.676. The highest BCUT2D eigenvalue weighted by Crippen LogP contribution is 2.26. The van der Waals surface area contributed by atoms with Gasteiger partial charge in [0.25, 0.3) is 0 Å². The molecule has 0 bridgehead atoms. The summed E-state index contributed by atoms with van der Waals surface area (Å²) in [6, 6.07) is 5.66. The zero-order chi connectivity index (χ0) is 11.3. The van der Waals surface area contributed by atoms with E-state index < -0.39 is 0 Å². The maximum absolute atomic E-state index is 8.64. The van der Waals surface area contributed by atoms with Crippen molar-refractivity contribution < 1.29 is 9.84 Å². The van der Waals surface area contributed by atoms with Crippen molar-refractivity contribution in [2.24, 2.45) is 0 Å². The lowest BCUT2D eigenvalue weighted by Gasteiger charge is -2.15. The number of anilines is 2. The van der Waals surface area contributed by atoms with Crippen LogP contribution in [-0.2, 0) is 0 Å². The molecule has 1 rings (SSSR count). The van der Waals surface area contributed by atoms with Crippen molar-refractivity contribution >= 4 is 11.4 Å². The molecular weight excluding hydrogens is 192 g/mol. The molecule has 0 aromatic heterocycles. The number of hydrogen-bond acceptors (Lipinski definition) is 4. The highest BCUT2D eigenvalue weighted by Gasteiger charge is 2.03. The van der Waals surface area contributed by atoms with Gasteiger partial charge in [-0.3, -0.25) is 0 Å². The van der Waals surface area contributed by atoms with Gasteiger partial charge in [-0.2, -0.15) is 0 Å². The van der Waals surface area contributed by atoms with Gasteiger partial charge in [0.15, 0.2) is 0 Å². The van der Waals surface area contributed by atoms with E-state index in [1.165, 1.54) is 0 Å². The van der Waals surface area contributed by atoms with Crippen molar-refractivity contribution in [2.45, 2.75) is 6.42 Å².